The van der Waals surface area contributed by atoms with E-state index >= 15 is 0 Å². The lowest BCUT2D eigenvalue weighted by Gasteiger charge is -2.29. The lowest BCUT2D eigenvalue weighted by atomic mass is 10.2. The van der Waals surface area contributed by atoms with Crippen LogP contribution in [0.3, 0.4) is 0 Å². The standard InChI is InChI=1S/C20H20ClN3O4S2/c1-20-7-6-17(26)24(20)15(12-30-20)18(27)28-11-16(25)22-19-23(8-9-29-19)10-13-4-2-3-5-14(13)21/h2-5,8-9,15H,6-7,10-12H2,1H3/t15-,20-/m1/s1. The number of halogens is 1. The molecule has 2 atom stereocenters. The van der Waals surface area contributed by atoms with E-state index in [0.29, 0.717) is 28.5 Å². The predicted octanol–water partition coefficient (Wildman–Crippen LogP) is 2.68. The second-order valence-electron chi connectivity index (χ2n) is 7.28. The van der Waals surface area contributed by atoms with Gasteiger partial charge in [0.15, 0.2) is 11.4 Å². The number of hydrogen-bond donors (Lipinski definition) is 0. The Morgan fingerprint density at radius 1 is 1.37 bits per heavy atom. The number of rotatable bonds is 5. The highest BCUT2D eigenvalue weighted by Gasteiger charge is 2.53. The summed E-state index contributed by atoms with van der Waals surface area (Å²) in [6.45, 7) is 1.98. The van der Waals surface area contributed by atoms with Crippen LogP contribution < -0.4 is 4.80 Å². The number of thioether (sulfide) groups is 1. The van der Waals surface area contributed by atoms with Crippen LogP contribution in [0.2, 0.25) is 5.02 Å². The number of benzene rings is 1. The van der Waals surface area contributed by atoms with Crippen LogP contribution in [-0.4, -0.2) is 50.5 Å². The average Bonchev–Trinajstić information content (AvgIpc) is 3.38. The van der Waals surface area contributed by atoms with E-state index in [0.717, 1.165) is 12.0 Å². The van der Waals surface area contributed by atoms with Crippen molar-refractivity contribution in [1.82, 2.24) is 9.47 Å². The fourth-order valence-corrected chi connectivity index (χ4v) is 6.04. The Hall–Kier alpha value is -2.10. The van der Waals surface area contributed by atoms with Crippen LogP contribution >= 0.6 is 34.7 Å². The molecule has 30 heavy (non-hydrogen) atoms. The van der Waals surface area contributed by atoms with Gasteiger partial charge in [0.1, 0.15) is 6.04 Å². The maximum Gasteiger partial charge on any atom is 0.330 e. The summed E-state index contributed by atoms with van der Waals surface area (Å²) in [5.41, 5.74) is 0.912. The largest absolute Gasteiger partial charge is 0.454 e. The molecular formula is C20H20ClN3O4S2. The van der Waals surface area contributed by atoms with Crippen molar-refractivity contribution in [2.24, 2.45) is 4.99 Å². The van der Waals surface area contributed by atoms with Crippen LogP contribution in [0.15, 0.2) is 40.8 Å². The summed E-state index contributed by atoms with van der Waals surface area (Å²) in [5, 5.41) is 2.46. The molecule has 0 saturated carbocycles. The van der Waals surface area contributed by atoms with Crippen LogP contribution in [0, 0.1) is 0 Å². The minimum absolute atomic E-state index is 0.0420. The van der Waals surface area contributed by atoms with Gasteiger partial charge in [-0.3, -0.25) is 9.59 Å². The number of carbonyl (C=O) groups is 3. The average molecular weight is 466 g/mol. The maximum atomic E-state index is 12.5. The smallest absolute Gasteiger partial charge is 0.330 e. The van der Waals surface area contributed by atoms with Gasteiger partial charge in [0, 0.05) is 28.8 Å². The Bertz CT molecular complexity index is 1070. The first-order chi connectivity index (χ1) is 14.4. The summed E-state index contributed by atoms with van der Waals surface area (Å²) >= 11 is 9.10. The van der Waals surface area contributed by atoms with E-state index < -0.39 is 24.5 Å². The molecule has 0 bridgehead atoms. The van der Waals surface area contributed by atoms with Gasteiger partial charge in [-0.25, -0.2) is 4.79 Å². The zero-order chi connectivity index (χ0) is 21.3. The van der Waals surface area contributed by atoms with Gasteiger partial charge in [-0.05, 0) is 25.0 Å². The molecule has 0 spiro atoms. The number of hydrogen-bond acceptors (Lipinski definition) is 6. The van der Waals surface area contributed by atoms with Crippen molar-refractivity contribution in [3.8, 4) is 0 Å². The lowest BCUT2D eigenvalue weighted by molar-refractivity contribution is -0.155. The number of aromatic nitrogens is 1. The Labute approximate surface area is 186 Å². The van der Waals surface area contributed by atoms with E-state index in [2.05, 4.69) is 4.99 Å². The molecule has 2 aliphatic heterocycles. The third kappa shape index (κ3) is 4.19. The first-order valence-corrected chi connectivity index (χ1v) is 11.7. The molecule has 2 aliphatic rings. The Morgan fingerprint density at radius 3 is 2.97 bits per heavy atom. The number of carbonyl (C=O) groups excluding carboxylic acids is 3. The quantitative estimate of drug-likeness (QED) is 0.634. The van der Waals surface area contributed by atoms with Gasteiger partial charge in [-0.15, -0.1) is 23.1 Å². The number of esters is 1. The molecular weight excluding hydrogens is 446 g/mol. The summed E-state index contributed by atoms with van der Waals surface area (Å²) in [7, 11) is 0. The van der Waals surface area contributed by atoms with Crippen LogP contribution in [0.25, 0.3) is 0 Å². The third-order valence-corrected chi connectivity index (χ3v) is 7.90. The van der Waals surface area contributed by atoms with Gasteiger partial charge < -0.3 is 14.2 Å². The van der Waals surface area contributed by atoms with Gasteiger partial charge >= 0.3 is 5.97 Å². The summed E-state index contributed by atoms with van der Waals surface area (Å²) in [6.07, 6.45) is 2.98. The summed E-state index contributed by atoms with van der Waals surface area (Å²) in [5.74, 6) is -0.672. The molecule has 158 valence electrons. The molecule has 2 aromatic rings. The maximum absolute atomic E-state index is 12.5. The molecule has 3 heterocycles. The molecule has 2 amide bonds. The van der Waals surface area contributed by atoms with Crippen LogP contribution in [-0.2, 0) is 25.7 Å². The highest BCUT2D eigenvalue weighted by Crippen LogP contribution is 2.47. The van der Waals surface area contributed by atoms with Gasteiger partial charge in [0.05, 0.1) is 11.4 Å². The minimum atomic E-state index is -0.644. The van der Waals surface area contributed by atoms with Gasteiger partial charge in [0.2, 0.25) is 5.91 Å². The fraction of sp³-hybridized carbons (Fsp3) is 0.400. The van der Waals surface area contributed by atoms with Crippen molar-refractivity contribution in [1.29, 1.82) is 0 Å². The number of thiazole rings is 1. The van der Waals surface area contributed by atoms with Crippen LogP contribution in [0.5, 0.6) is 0 Å². The Morgan fingerprint density at radius 2 is 2.17 bits per heavy atom. The van der Waals surface area contributed by atoms with Crippen molar-refractivity contribution in [2.75, 3.05) is 12.4 Å². The van der Waals surface area contributed by atoms with E-state index in [1.165, 1.54) is 11.3 Å². The third-order valence-electron chi connectivity index (χ3n) is 5.23. The second kappa shape index (κ2) is 8.56. The number of amides is 2. The van der Waals surface area contributed by atoms with Crippen molar-refractivity contribution in [2.45, 2.75) is 37.2 Å². The molecule has 1 aromatic carbocycles. The van der Waals surface area contributed by atoms with Gasteiger partial charge in [-0.1, -0.05) is 29.8 Å². The van der Waals surface area contributed by atoms with E-state index in [-0.39, 0.29) is 10.8 Å². The molecule has 1 aromatic heterocycles. The zero-order valence-corrected chi connectivity index (χ0v) is 18.6. The minimum Gasteiger partial charge on any atom is -0.454 e. The topological polar surface area (TPSA) is 81.0 Å². The predicted molar refractivity (Wildman–Crippen MR) is 115 cm³/mol. The highest BCUT2D eigenvalue weighted by atomic mass is 35.5. The second-order valence-corrected chi connectivity index (χ2v) is 10.1. The van der Waals surface area contributed by atoms with E-state index in [1.54, 1.807) is 16.7 Å². The van der Waals surface area contributed by atoms with Crippen molar-refractivity contribution in [3.63, 3.8) is 0 Å². The number of nitrogens with zero attached hydrogens (tertiary/aromatic N) is 3. The highest BCUT2D eigenvalue weighted by molar-refractivity contribution is 8.01. The normalized spacial score (nSPS) is 23.7. The van der Waals surface area contributed by atoms with Crippen LogP contribution in [0.4, 0.5) is 0 Å². The molecule has 0 unspecified atom stereocenters. The number of ether oxygens (including phenoxy) is 1. The molecule has 0 N–H and O–H groups in total. The Kier molecular flexibility index (Phi) is 6.04. The summed E-state index contributed by atoms with van der Waals surface area (Å²) in [4.78, 5) is 42.8. The molecule has 4 rings (SSSR count). The molecule has 7 nitrogen and oxygen atoms in total. The number of fused-ring (bicyclic) bond motifs is 1. The van der Waals surface area contributed by atoms with Gasteiger partial charge in [-0.2, -0.15) is 4.99 Å². The first-order valence-electron chi connectivity index (χ1n) is 9.45. The summed E-state index contributed by atoms with van der Waals surface area (Å²) in [6, 6.07) is 6.83. The lowest BCUT2D eigenvalue weighted by Crippen LogP contribution is -2.46. The van der Waals surface area contributed by atoms with Crippen molar-refractivity contribution in [3.05, 3.63) is 51.2 Å². The monoisotopic (exact) mass is 465 g/mol. The molecule has 2 saturated heterocycles. The van der Waals surface area contributed by atoms with Gasteiger partial charge in [0.25, 0.3) is 5.91 Å². The van der Waals surface area contributed by atoms with Crippen molar-refractivity contribution >= 4 is 52.5 Å². The summed E-state index contributed by atoms with van der Waals surface area (Å²) < 4.78 is 7.01. The zero-order valence-electron chi connectivity index (χ0n) is 16.2. The first kappa shape index (κ1) is 21.1. The fourth-order valence-electron chi connectivity index (χ4n) is 3.68. The molecule has 2 fully saturated rings. The molecule has 0 aliphatic carbocycles. The van der Waals surface area contributed by atoms with E-state index in [1.807, 2.05) is 47.3 Å². The van der Waals surface area contributed by atoms with Crippen molar-refractivity contribution < 1.29 is 19.1 Å². The van der Waals surface area contributed by atoms with Crippen LogP contribution in [0.1, 0.15) is 25.3 Å². The molecule has 10 heteroatoms. The van der Waals surface area contributed by atoms with E-state index in [9.17, 15) is 14.4 Å². The SMILES string of the molecule is C[C@@]12CCC(=O)N1[C@@H](C(=O)OCC(=O)N=c1sccn1Cc1ccccc1Cl)CS2. The Balaban J connectivity index is 1.39. The molecule has 0 radical (unpaired) electrons. The van der Waals surface area contributed by atoms with E-state index in [4.69, 9.17) is 16.3 Å².